The van der Waals surface area contributed by atoms with Crippen molar-refractivity contribution in [1.82, 2.24) is 9.78 Å². The van der Waals surface area contributed by atoms with Crippen LogP contribution in [0.2, 0.25) is 0 Å². The highest BCUT2D eigenvalue weighted by Gasteiger charge is 2.35. The molecule has 0 bridgehead atoms. The Labute approximate surface area is 119 Å². The number of hydrogen-bond donors (Lipinski definition) is 1. The van der Waals surface area contributed by atoms with Gasteiger partial charge >= 0.3 is 0 Å². The van der Waals surface area contributed by atoms with Crippen LogP contribution >= 0.6 is 0 Å². The van der Waals surface area contributed by atoms with Gasteiger partial charge in [0.05, 0.1) is 17.5 Å². The van der Waals surface area contributed by atoms with E-state index in [-0.39, 0.29) is 12.0 Å². The van der Waals surface area contributed by atoms with Gasteiger partial charge < -0.3 is 9.84 Å². The van der Waals surface area contributed by atoms with Gasteiger partial charge in [-0.1, -0.05) is 25.1 Å². The lowest BCUT2D eigenvalue weighted by Crippen LogP contribution is -2.23. The lowest BCUT2D eigenvalue weighted by molar-refractivity contribution is 0.0279. The minimum atomic E-state index is -0.537. The average Bonchev–Trinajstić information content (AvgIpc) is 3.16. The second-order valence-corrected chi connectivity index (χ2v) is 5.22. The third kappa shape index (κ3) is 2.37. The van der Waals surface area contributed by atoms with Crippen molar-refractivity contribution in [1.29, 1.82) is 0 Å². The molecular formula is C16H20N2O2. The van der Waals surface area contributed by atoms with Crippen LogP contribution in [0.4, 0.5) is 0 Å². The largest absolute Gasteiger partial charge is 0.386 e. The zero-order chi connectivity index (χ0) is 13.9. The molecule has 1 saturated heterocycles. The van der Waals surface area contributed by atoms with Crippen LogP contribution < -0.4 is 0 Å². The van der Waals surface area contributed by atoms with Gasteiger partial charge in [0.25, 0.3) is 0 Å². The lowest BCUT2D eigenvalue weighted by Gasteiger charge is -2.23. The molecule has 2 aromatic rings. The molecule has 20 heavy (non-hydrogen) atoms. The Bertz CT molecular complexity index is 553. The van der Waals surface area contributed by atoms with Crippen molar-refractivity contribution in [3.8, 4) is 5.69 Å². The number of aliphatic hydroxyl groups excluding tert-OH is 1. The van der Waals surface area contributed by atoms with E-state index in [2.05, 4.69) is 12.0 Å². The second kappa shape index (κ2) is 5.77. The Hall–Kier alpha value is -1.65. The predicted molar refractivity (Wildman–Crippen MR) is 76.7 cm³/mol. The number of benzene rings is 1. The predicted octanol–water partition coefficient (Wildman–Crippen LogP) is 2.72. The zero-order valence-electron chi connectivity index (χ0n) is 11.6. The molecule has 4 nitrogen and oxygen atoms in total. The van der Waals surface area contributed by atoms with E-state index in [0.717, 1.165) is 30.8 Å². The minimum absolute atomic E-state index is 0.143. The van der Waals surface area contributed by atoms with E-state index in [1.54, 1.807) is 6.20 Å². The first-order chi connectivity index (χ1) is 9.81. The highest BCUT2D eigenvalue weighted by atomic mass is 16.5. The van der Waals surface area contributed by atoms with Crippen LogP contribution in [0.15, 0.2) is 42.6 Å². The maximum atomic E-state index is 10.7. The van der Waals surface area contributed by atoms with E-state index in [9.17, 15) is 5.11 Å². The molecule has 3 rings (SSSR count). The molecule has 0 saturated carbocycles. The van der Waals surface area contributed by atoms with Crippen molar-refractivity contribution in [2.24, 2.45) is 5.92 Å². The Kier molecular flexibility index (Phi) is 3.85. The molecule has 4 heteroatoms. The van der Waals surface area contributed by atoms with Crippen LogP contribution in [0.5, 0.6) is 0 Å². The first-order valence-corrected chi connectivity index (χ1v) is 7.20. The van der Waals surface area contributed by atoms with Gasteiger partial charge in [-0.2, -0.15) is 5.10 Å². The fraction of sp³-hybridized carbons (Fsp3) is 0.438. The number of nitrogens with zero attached hydrogens (tertiary/aromatic N) is 2. The highest BCUT2D eigenvalue weighted by molar-refractivity contribution is 5.33. The molecule has 3 atom stereocenters. The molecule has 1 aliphatic rings. The number of rotatable bonds is 4. The number of para-hydroxylation sites is 1. The van der Waals surface area contributed by atoms with E-state index >= 15 is 0 Å². The number of hydrogen-bond acceptors (Lipinski definition) is 3. The van der Waals surface area contributed by atoms with Crippen LogP contribution in [0, 0.1) is 5.92 Å². The number of aliphatic hydroxyl groups is 1. The molecule has 1 fully saturated rings. The fourth-order valence-corrected chi connectivity index (χ4v) is 2.99. The topological polar surface area (TPSA) is 47.3 Å². The van der Waals surface area contributed by atoms with Crippen molar-refractivity contribution in [3.05, 3.63) is 48.3 Å². The molecule has 0 radical (unpaired) electrons. The first-order valence-electron chi connectivity index (χ1n) is 7.20. The molecule has 1 aromatic carbocycles. The maximum absolute atomic E-state index is 10.7. The van der Waals surface area contributed by atoms with Crippen molar-refractivity contribution in [2.75, 3.05) is 6.61 Å². The molecule has 106 valence electrons. The van der Waals surface area contributed by atoms with Gasteiger partial charge in [-0.05, 0) is 31.0 Å². The van der Waals surface area contributed by atoms with Crippen LogP contribution in [0.1, 0.15) is 31.6 Å². The summed E-state index contributed by atoms with van der Waals surface area (Å²) in [6.07, 6.45) is 3.18. The quantitative estimate of drug-likeness (QED) is 0.931. The van der Waals surface area contributed by atoms with Crippen LogP contribution in [0.25, 0.3) is 5.69 Å². The van der Waals surface area contributed by atoms with Crippen molar-refractivity contribution in [2.45, 2.75) is 32.0 Å². The molecule has 1 N–H and O–H groups in total. The summed E-state index contributed by atoms with van der Waals surface area (Å²) in [6, 6.07) is 11.8. The fourth-order valence-electron chi connectivity index (χ4n) is 2.99. The number of aromatic nitrogens is 2. The summed E-state index contributed by atoms with van der Waals surface area (Å²) in [5.41, 5.74) is 1.81. The summed E-state index contributed by atoms with van der Waals surface area (Å²) in [5.74, 6) is 0.152. The summed E-state index contributed by atoms with van der Waals surface area (Å²) in [7, 11) is 0. The normalized spacial score (nSPS) is 23.9. The average molecular weight is 272 g/mol. The Morgan fingerprint density at radius 3 is 2.90 bits per heavy atom. The van der Waals surface area contributed by atoms with Gasteiger partial charge in [0.15, 0.2) is 0 Å². The summed E-state index contributed by atoms with van der Waals surface area (Å²) < 4.78 is 7.51. The summed E-state index contributed by atoms with van der Waals surface area (Å²) in [5, 5.41) is 15.1. The van der Waals surface area contributed by atoms with Crippen LogP contribution in [0.3, 0.4) is 0 Å². The Balaban J connectivity index is 1.90. The molecule has 3 unspecified atom stereocenters. The highest BCUT2D eigenvalue weighted by Crippen LogP contribution is 2.35. The number of ether oxygens (including phenoxy) is 1. The second-order valence-electron chi connectivity index (χ2n) is 5.22. The minimum Gasteiger partial charge on any atom is -0.386 e. The van der Waals surface area contributed by atoms with E-state index in [0.29, 0.717) is 0 Å². The van der Waals surface area contributed by atoms with Gasteiger partial charge in [-0.25, -0.2) is 4.68 Å². The summed E-state index contributed by atoms with van der Waals surface area (Å²) in [4.78, 5) is 0. The third-order valence-electron chi connectivity index (χ3n) is 4.04. The molecule has 0 amide bonds. The van der Waals surface area contributed by atoms with Gasteiger partial charge in [-0.3, -0.25) is 0 Å². The lowest BCUT2D eigenvalue weighted by atomic mass is 9.91. The van der Waals surface area contributed by atoms with Gasteiger partial charge in [0, 0.05) is 18.7 Å². The Morgan fingerprint density at radius 1 is 1.35 bits per heavy atom. The van der Waals surface area contributed by atoms with Crippen LogP contribution in [-0.4, -0.2) is 27.6 Å². The molecular weight excluding hydrogens is 252 g/mol. The smallest absolute Gasteiger partial charge is 0.101 e. The molecule has 0 spiro atoms. The van der Waals surface area contributed by atoms with Crippen LogP contribution in [-0.2, 0) is 4.74 Å². The standard InChI is InChI=1S/C16H20N2O2/c1-2-15-13(9-11-20-15)16(19)14-8-10-17-18(14)12-6-4-3-5-7-12/h3-8,10,13,15-16,19H,2,9,11H2,1H3. The maximum Gasteiger partial charge on any atom is 0.101 e. The summed E-state index contributed by atoms with van der Waals surface area (Å²) in [6.45, 7) is 2.84. The molecule has 1 aromatic heterocycles. The van der Waals surface area contributed by atoms with Gasteiger partial charge in [-0.15, -0.1) is 0 Å². The third-order valence-corrected chi connectivity index (χ3v) is 4.04. The van der Waals surface area contributed by atoms with E-state index in [1.807, 2.05) is 41.1 Å². The molecule has 2 heterocycles. The SMILES string of the molecule is CCC1OCCC1C(O)c1ccnn1-c1ccccc1. The van der Waals surface area contributed by atoms with Gasteiger partial charge in [0.2, 0.25) is 0 Å². The summed E-state index contributed by atoms with van der Waals surface area (Å²) >= 11 is 0. The molecule has 0 aliphatic carbocycles. The van der Waals surface area contributed by atoms with Crippen molar-refractivity contribution < 1.29 is 9.84 Å². The zero-order valence-corrected chi connectivity index (χ0v) is 11.6. The van der Waals surface area contributed by atoms with E-state index in [1.165, 1.54) is 0 Å². The Morgan fingerprint density at radius 2 is 2.15 bits per heavy atom. The van der Waals surface area contributed by atoms with E-state index < -0.39 is 6.10 Å². The van der Waals surface area contributed by atoms with E-state index in [4.69, 9.17) is 4.74 Å². The van der Waals surface area contributed by atoms with Crippen molar-refractivity contribution in [3.63, 3.8) is 0 Å². The van der Waals surface area contributed by atoms with Gasteiger partial charge in [0.1, 0.15) is 6.10 Å². The monoisotopic (exact) mass is 272 g/mol. The molecule has 1 aliphatic heterocycles. The first kappa shape index (κ1) is 13.3. The van der Waals surface area contributed by atoms with Crippen molar-refractivity contribution >= 4 is 0 Å².